The summed E-state index contributed by atoms with van der Waals surface area (Å²) in [5.41, 5.74) is 0. The molecule has 0 amide bonds. The van der Waals surface area contributed by atoms with Gasteiger partial charge in [0.1, 0.15) is 0 Å². The molecule has 1 aliphatic rings. The SMILES string of the molecule is COc1nc(NC2CC=CCC2)nc(OC)n1. The Bertz CT molecular complexity index is 386. The first-order valence-electron chi connectivity index (χ1n) is 5.57. The zero-order chi connectivity index (χ0) is 12.1. The number of hydrogen-bond donors (Lipinski definition) is 1. The van der Waals surface area contributed by atoms with Crippen molar-refractivity contribution in [2.75, 3.05) is 19.5 Å². The van der Waals surface area contributed by atoms with E-state index >= 15 is 0 Å². The quantitative estimate of drug-likeness (QED) is 0.797. The van der Waals surface area contributed by atoms with E-state index in [0.29, 0.717) is 12.0 Å². The minimum Gasteiger partial charge on any atom is -0.467 e. The van der Waals surface area contributed by atoms with Crippen molar-refractivity contribution in [2.24, 2.45) is 0 Å². The molecule has 2 rings (SSSR count). The average molecular weight is 236 g/mol. The Balaban J connectivity index is 2.11. The number of allylic oxidation sites excluding steroid dienone is 1. The number of ether oxygens (including phenoxy) is 2. The number of methoxy groups -OCH3 is 2. The number of rotatable bonds is 4. The largest absolute Gasteiger partial charge is 0.467 e. The number of nitrogens with zero attached hydrogens (tertiary/aromatic N) is 3. The summed E-state index contributed by atoms with van der Waals surface area (Å²) in [7, 11) is 3.03. The molecule has 0 fully saturated rings. The molecule has 1 aromatic rings. The van der Waals surface area contributed by atoms with Gasteiger partial charge in [0.25, 0.3) is 0 Å². The van der Waals surface area contributed by atoms with Gasteiger partial charge in [-0.15, -0.1) is 4.98 Å². The summed E-state index contributed by atoms with van der Waals surface area (Å²) in [4.78, 5) is 12.2. The molecule has 0 saturated carbocycles. The maximum atomic E-state index is 4.99. The fraction of sp³-hybridized carbons (Fsp3) is 0.545. The number of nitrogens with one attached hydrogen (secondary N) is 1. The van der Waals surface area contributed by atoms with Crippen LogP contribution in [0, 0.1) is 0 Å². The Labute approximate surface area is 100 Å². The summed E-state index contributed by atoms with van der Waals surface area (Å²) in [6.07, 6.45) is 7.49. The lowest BCUT2D eigenvalue weighted by molar-refractivity contribution is 0.340. The van der Waals surface area contributed by atoms with Crippen molar-refractivity contribution < 1.29 is 9.47 Å². The van der Waals surface area contributed by atoms with Crippen molar-refractivity contribution in [3.05, 3.63) is 12.2 Å². The summed E-state index contributed by atoms with van der Waals surface area (Å²) in [6.45, 7) is 0. The maximum Gasteiger partial charge on any atom is 0.324 e. The predicted octanol–water partition coefficient (Wildman–Crippen LogP) is 1.41. The second kappa shape index (κ2) is 5.47. The molecule has 0 radical (unpaired) electrons. The van der Waals surface area contributed by atoms with Gasteiger partial charge in [-0.25, -0.2) is 0 Å². The van der Waals surface area contributed by atoms with E-state index in [-0.39, 0.29) is 12.0 Å². The molecule has 0 aromatic carbocycles. The normalized spacial score (nSPS) is 18.8. The summed E-state index contributed by atoms with van der Waals surface area (Å²) < 4.78 is 9.98. The van der Waals surface area contributed by atoms with Crippen molar-refractivity contribution in [2.45, 2.75) is 25.3 Å². The van der Waals surface area contributed by atoms with E-state index in [0.717, 1.165) is 19.3 Å². The molecule has 1 aromatic heterocycles. The third kappa shape index (κ3) is 3.05. The fourth-order valence-corrected chi connectivity index (χ4v) is 1.69. The fourth-order valence-electron chi connectivity index (χ4n) is 1.69. The van der Waals surface area contributed by atoms with E-state index in [1.165, 1.54) is 14.2 Å². The van der Waals surface area contributed by atoms with Gasteiger partial charge < -0.3 is 14.8 Å². The van der Waals surface area contributed by atoms with Crippen LogP contribution in [0.4, 0.5) is 5.95 Å². The van der Waals surface area contributed by atoms with Crippen LogP contribution >= 0.6 is 0 Å². The van der Waals surface area contributed by atoms with Crippen LogP contribution in [0.15, 0.2) is 12.2 Å². The Morgan fingerprint density at radius 1 is 1.12 bits per heavy atom. The minimum atomic E-state index is 0.255. The van der Waals surface area contributed by atoms with Crippen molar-refractivity contribution in [1.29, 1.82) is 0 Å². The molecular weight excluding hydrogens is 220 g/mol. The zero-order valence-electron chi connectivity index (χ0n) is 10.0. The van der Waals surface area contributed by atoms with Crippen molar-refractivity contribution in [3.63, 3.8) is 0 Å². The molecule has 0 aliphatic heterocycles. The van der Waals surface area contributed by atoms with E-state index < -0.39 is 0 Å². The van der Waals surface area contributed by atoms with Crippen molar-refractivity contribution >= 4 is 5.95 Å². The third-order valence-corrected chi connectivity index (χ3v) is 2.56. The van der Waals surface area contributed by atoms with Gasteiger partial charge in [0, 0.05) is 6.04 Å². The highest BCUT2D eigenvalue weighted by Crippen LogP contribution is 2.17. The van der Waals surface area contributed by atoms with Gasteiger partial charge in [0.05, 0.1) is 14.2 Å². The summed E-state index contributed by atoms with van der Waals surface area (Å²) >= 11 is 0. The Hall–Kier alpha value is -1.85. The molecule has 6 nitrogen and oxygen atoms in total. The molecule has 1 unspecified atom stereocenters. The van der Waals surface area contributed by atoms with Gasteiger partial charge in [-0.05, 0) is 19.3 Å². The molecule has 1 atom stereocenters. The zero-order valence-corrected chi connectivity index (χ0v) is 10.0. The van der Waals surface area contributed by atoms with Crippen LogP contribution in [0.3, 0.4) is 0 Å². The highest BCUT2D eigenvalue weighted by Gasteiger charge is 2.13. The molecule has 1 heterocycles. The molecule has 0 saturated heterocycles. The van der Waals surface area contributed by atoms with Gasteiger partial charge in [-0.2, -0.15) is 9.97 Å². The van der Waals surface area contributed by atoms with Gasteiger partial charge in [-0.1, -0.05) is 12.2 Å². The lowest BCUT2D eigenvalue weighted by Gasteiger charge is -2.19. The number of aromatic nitrogens is 3. The maximum absolute atomic E-state index is 4.99. The van der Waals surface area contributed by atoms with Crippen LogP contribution in [0.1, 0.15) is 19.3 Å². The molecule has 0 bridgehead atoms. The average Bonchev–Trinajstić information content (AvgIpc) is 2.39. The van der Waals surface area contributed by atoms with Gasteiger partial charge in [0.15, 0.2) is 0 Å². The monoisotopic (exact) mass is 236 g/mol. The van der Waals surface area contributed by atoms with Crippen LogP contribution in [0.25, 0.3) is 0 Å². The van der Waals surface area contributed by atoms with Gasteiger partial charge >= 0.3 is 12.0 Å². The lowest BCUT2D eigenvalue weighted by Crippen LogP contribution is -2.22. The smallest absolute Gasteiger partial charge is 0.324 e. The molecule has 6 heteroatoms. The first-order chi connectivity index (χ1) is 8.31. The summed E-state index contributed by atoms with van der Waals surface area (Å²) in [6, 6.07) is 0.869. The first-order valence-corrected chi connectivity index (χ1v) is 5.57. The van der Waals surface area contributed by atoms with Crippen LogP contribution in [0.5, 0.6) is 12.0 Å². The highest BCUT2D eigenvalue weighted by atomic mass is 16.5. The minimum absolute atomic E-state index is 0.255. The Morgan fingerprint density at radius 2 is 1.82 bits per heavy atom. The first kappa shape index (κ1) is 11.6. The number of anilines is 1. The number of hydrogen-bond acceptors (Lipinski definition) is 6. The second-order valence-corrected chi connectivity index (χ2v) is 3.76. The summed E-state index contributed by atoms with van der Waals surface area (Å²) in [5.74, 6) is 0.494. The molecule has 1 aliphatic carbocycles. The molecule has 0 spiro atoms. The van der Waals surface area contributed by atoms with Gasteiger partial charge in [0.2, 0.25) is 5.95 Å². The second-order valence-electron chi connectivity index (χ2n) is 3.76. The molecule has 1 N–H and O–H groups in total. The standard InChI is InChI=1S/C11H16N4O2/c1-16-10-13-9(14-11(15-10)17-2)12-8-6-4-3-5-7-8/h3-4,8H,5-7H2,1-2H3,(H,12,13,14,15). The van der Waals surface area contributed by atoms with Crippen LogP contribution in [-0.4, -0.2) is 35.2 Å². The highest BCUT2D eigenvalue weighted by molar-refractivity contribution is 5.29. The van der Waals surface area contributed by atoms with Crippen molar-refractivity contribution in [1.82, 2.24) is 15.0 Å². The summed E-state index contributed by atoms with van der Waals surface area (Å²) in [5, 5.41) is 3.26. The molecular formula is C11H16N4O2. The van der Waals surface area contributed by atoms with Gasteiger partial charge in [-0.3, -0.25) is 0 Å². The lowest BCUT2D eigenvalue weighted by atomic mass is 10.0. The van der Waals surface area contributed by atoms with E-state index in [1.54, 1.807) is 0 Å². The Morgan fingerprint density at radius 3 is 2.35 bits per heavy atom. The molecule has 92 valence electrons. The third-order valence-electron chi connectivity index (χ3n) is 2.56. The molecule has 17 heavy (non-hydrogen) atoms. The van der Waals surface area contributed by atoms with E-state index in [1.807, 2.05) is 0 Å². The van der Waals surface area contributed by atoms with Crippen LogP contribution in [-0.2, 0) is 0 Å². The van der Waals surface area contributed by atoms with E-state index in [9.17, 15) is 0 Å². The predicted molar refractivity (Wildman–Crippen MR) is 63.3 cm³/mol. The van der Waals surface area contributed by atoms with Crippen LogP contribution in [0.2, 0.25) is 0 Å². The van der Waals surface area contributed by atoms with Crippen LogP contribution < -0.4 is 14.8 Å². The van der Waals surface area contributed by atoms with E-state index in [4.69, 9.17) is 9.47 Å². The Kier molecular flexibility index (Phi) is 3.74. The topological polar surface area (TPSA) is 69.2 Å². The van der Waals surface area contributed by atoms with Crippen molar-refractivity contribution in [3.8, 4) is 12.0 Å². The van der Waals surface area contributed by atoms with E-state index in [2.05, 4.69) is 32.4 Å².